The first-order chi connectivity index (χ1) is 14.0. The van der Waals surface area contributed by atoms with Crippen LogP contribution in [0.3, 0.4) is 0 Å². The molecule has 2 aromatic heterocycles. The third-order valence-corrected chi connectivity index (χ3v) is 6.95. The summed E-state index contributed by atoms with van der Waals surface area (Å²) in [6, 6.07) is 0. The van der Waals surface area contributed by atoms with Crippen LogP contribution in [0.2, 0.25) is 5.02 Å². The lowest BCUT2D eigenvalue weighted by molar-refractivity contribution is 0.143. The van der Waals surface area contributed by atoms with Crippen molar-refractivity contribution in [2.24, 2.45) is 0 Å². The van der Waals surface area contributed by atoms with E-state index in [4.69, 9.17) is 16.6 Å². The molecule has 10 heteroatoms. The Morgan fingerprint density at radius 1 is 1.24 bits per heavy atom. The van der Waals surface area contributed by atoms with E-state index < -0.39 is 10.8 Å². The highest BCUT2D eigenvalue weighted by Crippen LogP contribution is 2.36. The van der Waals surface area contributed by atoms with Gasteiger partial charge in [0, 0.05) is 37.7 Å². The van der Waals surface area contributed by atoms with Crippen molar-refractivity contribution in [2.45, 2.75) is 48.5 Å². The predicted octanol–water partition coefficient (Wildman–Crippen LogP) is 2.37. The summed E-state index contributed by atoms with van der Waals surface area (Å²) in [5, 5.41) is 13.7. The van der Waals surface area contributed by atoms with Crippen LogP contribution in [0.25, 0.3) is 0 Å². The number of aliphatic hydroxyl groups is 1. The molecule has 3 heterocycles. The van der Waals surface area contributed by atoms with Crippen molar-refractivity contribution in [3.05, 3.63) is 29.4 Å². The van der Waals surface area contributed by atoms with Gasteiger partial charge in [-0.2, -0.15) is 4.98 Å². The topological polar surface area (TPSA) is 104 Å². The van der Waals surface area contributed by atoms with Crippen LogP contribution >= 0.6 is 11.6 Å². The SMILES string of the molecule is CS(=O)c1cnc(N2CCC(c3ncc(Cl)cn3)CC2)nc1NC1(CO)CCC1. The second-order valence-electron chi connectivity index (χ2n) is 7.77. The van der Waals surface area contributed by atoms with Gasteiger partial charge in [0.2, 0.25) is 5.95 Å². The lowest BCUT2D eigenvalue weighted by Gasteiger charge is -2.41. The normalized spacial score (nSPS) is 20.2. The lowest BCUT2D eigenvalue weighted by Crippen LogP contribution is -2.48. The molecule has 1 aliphatic carbocycles. The smallest absolute Gasteiger partial charge is 0.227 e. The van der Waals surface area contributed by atoms with Crippen molar-refractivity contribution in [2.75, 3.05) is 36.2 Å². The Morgan fingerprint density at radius 3 is 2.48 bits per heavy atom. The first kappa shape index (κ1) is 20.4. The Morgan fingerprint density at radius 2 is 1.93 bits per heavy atom. The zero-order valence-electron chi connectivity index (χ0n) is 16.3. The minimum Gasteiger partial charge on any atom is -0.394 e. The predicted molar refractivity (Wildman–Crippen MR) is 113 cm³/mol. The van der Waals surface area contributed by atoms with E-state index in [0.717, 1.165) is 51.0 Å². The third-order valence-electron chi connectivity index (χ3n) is 5.83. The number of anilines is 2. The molecular weight excluding hydrogens is 412 g/mol. The van der Waals surface area contributed by atoms with Crippen molar-refractivity contribution in [3.63, 3.8) is 0 Å². The van der Waals surface area contributed by atoms with Gasteiger partial charge in [0.15, 0.2) is 0 Å². The fourth-order valence-electron chi connectivity index (χ4n) is 3.86. The number of piperidine rings is 1. The van der Waals surface area contributed by atoms with Gasteiger partial charge in [0.05, 0.1) is 39.1 Å². The van der Waals surface area contributed by atoms with E-state index in [-0.39, 0.29) is 18.1 Å². The molecule has 2 aromatic rings. The van der Waals surface area contributed by atoms with E-state index in [1.54, 1.807) is 24.8 Å². The highest BCUT2D eigenvalue weighted by molar-refractivity contribution is 7.84. The Balaban J connectivity index is 1.49. The van der Waals surface area contributed by atoms with Crippen LogP contribution in [0.5, 0.6) is 0 Å². The maximum atomic E-state index is 12.1. The summed E-state index contributed by atoms with van der Waals surface area (Å²) < 4.78 is 12.1. The standard InChI is InChI=1S/C19H25ClN6O2S/c1-29(28)15-11-23-18(24-17(15)25-19(12-27)5-2-6-19)26-7-3-13(4-8-26)16-21-9-14(20)10-22-16/h9-11,13,27H,2-8,12H2,1H3,(H,23,24,25). The van der Waals surface area contributed by atoms with Crippen LogP contribution in [-0.2, 0) is 10.8 Å². The molecule has 8 nitrogen and oxygen atoms in total. The molecule has 1 atom stereocenters. The number of nitrogens with one attached hydrogen (secondary N) is 1. The molecular formula is C19H25ClN6O2S. The highest BCUT2D eigenvalue weighted by atomic mass is 35.5. The fourth-order valence-corrected chi connectivity index (χ4v) is 4.53. The van der Waals surface area contributed by atoms with Crippen molar-refractivity contribution < 1.29 is 9.32 Å². The number of aliphatic hydroxyl groups excluding tert-OH is 1. The number of aromatic nitrogens is 4. The average Bonchev–Trinajstić information content (AvgIpc) is 2.71. The average molecular weight is 437 g/mol. The molecule has 0 amide bonds. The van der Waals surface area contributed by atoms with E-state index in [1.807, 2.05) is 0 Å². The van der Waals surface area contributed by atoms with Crippen LogP contribution < -0.4 is 10.2 Å². The molecule has 1 aliphatic heterocycles. The molecule has 0 radical (unpaired) electrons. The Bertz CT molecular complexity index is 879. The zero-order valence-corrected chi connectivity index (χ0v) is 17.9. The van der Waals surface area contributed by atoms with Gasteiger partial charge in [-0.25, -0.2) is 15.0 Å². The summed E-state index contributed by atoms with van der Waals surface area (Å²) in [7, 11) is -1.22. The second kappa shape index (κ2) is 8.49. The van der Waals surface area contributed by atoms with Crippen LogP contribution in [-0.4, -0.2) is 60.7 Å². The summed E-state index contributed by atoms with van der Waals surface area (Å²) in [6.45, 7) is 1.61. The summed E-state index contributed by atoms with van der Waals surface area (Å²) in [6.07, 6.45) is 11.2. The Hall–Kier alpha value is -1.84. The van der Waals surface area contributed by atoms with Crippen LogP contribution in [0.1, 0.15) is 43.8 Å². The van der Waals surface area contributed by atoms with E-state index in [2.05, 4.69) is 25.2 Å². The van der Waals surface area contributed by atoms with E-state index >= 15 is 0 Å². The molecule has 0 bridgehead atoms. The van der Waals surface area contributed by atoms with Crippen LogP contribution in [0, 0.1) is 0 Å². The fraction of sp³-hybridized carbons (Fsp3) is 0.579. The molecule has 1 saturated heterocycles. The minimum absolute atomic E-state index is 0.0363. The van der Waals surface area contributed by atoms with Gasteiger partial charge in [0.25, 0.3) is 0 Å². The first-order valence-corrected chi connectivity index (χ1v) is 11.8. The Labute approximate surface area is 177 Å². The number of hydrogen-bond acceptors (Lipinski definition) is 8. The number of hydrogen-bond donors (Lipinski definition) is 2. The van der Waals surface area contributed by atoms with E-state index in [9.17, 15) is 9.32 Å². The first-order valence-electron chi connectivity index (χ1n) is 9.81. The minimum atomic E-state index is -1.22. The monoisotopic (exact) mass is 436 g/mol. The van der Waals surface area contributed by atoms with Crippen molar-refractivity contribution in [3.8, 4) is 0 Å². The largest absolute Gasteiger partial charge is 0.394 e. The molecule has 2 N–H and O–H groups in total. The molecule has 29 heavy (non-hydrogen) atoms. The maximum Gasteiger partial charge on any atom is 0.227 e. The lowest BCUT2D eigenvalue weighted by atomic mass is 9.77. The van der Waals surface area contributed by atoms with Crippen molar-refractivity contribution >= 4 is 34.2 Å². The van der Waals surface area contributed by atoms with Gasteiger partial charge < -0.3 is 15.3 Å². The van der Waals surface area contributed by atoms with Gasteiger partial charge >= 0.3 is 0 Å². The number of halogens is 1. The van der Waals surface area contributed by atoms with E-state index in [1.165, 1.54) is 0 Å². The molecule has 1 saturated carbocycles. The number of nitrogens with zero attached hydrogens (tertiary/aromatic N) is 5. The van der Waals surface area contributed by atoms with Gasteiger partial charge in [0.1, 0.15) is 11.6 Å². The third kappa shape index (κ3) is 4.36. The zero-order chi connectivity index (χ0) is 20.4. The molecule has 2 aliphatic rings. The summed E-state index contributed by atoms with van der Waals surface area (Å²) in [5.74, 6) is 2.29. The Kier molecular flexibility index (Phi) is 5.98. The van der Waals surface area contributed by atoms with Crippen LogP contribution in [0.15, 0.2) is 23.5 Å². The molecule has 1 unspecified atom stereocenters. The van der Waals surface area contributed by atoms with Crippen molar-refractivity contribution in [1.82, 2.24) is 19.9 Å². The molecule has 4 rings (SSSR count). The molecule has 0 aromatic carbocycles. The van der Waals surface area contributed by atoms with Gasteiger partial charge in [-0.1, -0.05) is 11.6 Å². The molecule has 0 spiro atoms. The number of rotatable bonds is 6. The summed E-state index contributed by atoms with van der Waals surface area (Å²) >= 11 is 5.88. The second-order valence-corrected chi connectivity index (χ2v) is 9.56. The van der Waals surface area contributed by atoms with Gasteiger partial charge in [-0.05, 0) is 32.1 Å². The molecule has 2 fully saturated rings. The maximum absolute atomic E-state index is 12.1. The quantitative estimate of drug-likeness (QED) is 0.711. The molecule has 156 valence electrons. The van der Waals surface area contributed by atoms with Gasteiger partial charge in [-0.3, -0.25) is 4.21 Å². The summed E-state index contributed by atoms with van der Waals surface area (Å²) in [5.41, 5.74) is -0.362. The van der Waals surface area contributed by atoms with Crippen molar-refractivity contribution in [1.29, 1.82) is 0 Å². The highest BCUT2D eigenvalue weighted by Gasteiger charge is 2.37. The van der Waals surface area contributed by atoms with E-state index in [0.29, 0.717) is 21.7 Å². The summed E-state index contributed by atoms with van der Waals surface area (Å²) in [4.78, 5) is 20.6. The van der Waals surface area contributed by atoms with Crippen LogP contribution in [0.4, 0.5) is 11.8 Å². The van der Waals surface area contributed by atoms with Gasteiger partial charge in [-0.15, -0.1) is 0 Å².